The Morgan fingerprint density at radius 2 is 1.87 bits per heavy atom. The van der Waals surface area contributed by atoms with Crippen molar-refractivity contribution in [2.24, 2.45) is 0 Å². The predicted molar refractivity (Wildman–Crippen MR) is 88.8 cm³/mol. The average Bonchev–Trinajstić information content (AvgIpc) is 2.94. The fourth-order valence-electron chi connectivity index (χ4n) is 2.63. The van der Waals surface area contributed by atoms with Gasteiger partial charge in [-0.3, -0.25) is 9.52 Å². The third-order valence-electron chi connectivity index (χ3n) is 3.92. The summed E-state index contributed by atoms with van der Waals surface area (Å²) in [5.74, 6) is 0.118. The maximum Gasteiger partial charge on any atom is 0.261 e. The van der Waals surface area contributed by atoms with E-state index in [-0.39, 0.29) is 16.7 Å². The van der Waals surface area contributed by atoms with Crippen LogP contribution in [0.25, 0.3) is 0 Å². The lowest BCUT2D eigenvalue weighted by molar-refractivity contribution is -0.119. The van der Waals surface area contributed by atoms with E-state index >= 15 is 0 Å². The molecule has 23 heavy (non-hydrogen) atoms. The number of hydrogen-bond acceptors (Lipinski definition) is 3. The summed E-state index contributed by atoms with van der Waals surface area (Å²) >= 11 is 0. The molecule has 1 atom stereocenters. The van der Waals surface area contributed by atoms with Crippen LogP contribution in [0.5, 0.6) is 0 Å². The van der Waals surface area contributed by atoms with E-state index in [1.807, 2.05) is 13.0 Å². The molecular formula is C17H18N2O3S. The first-order chi connectivity index (χ1) is 10.9. The van der Waals surface area contributed by atoms with E-state index in [9.17, 15) is 13.2 Å². The van der Waals surface area contributed by atoms with E-state index in [0.717, 1.165) is 11.1 Å². The average molecular weight is 330 g/mol. The highest BCUT2D eigenvalue weighted by Crippen LogP contribution is 2.26. The molecule has 1 unspecified atom stereocenters. The third-order valence-corrected chi connectivity index (χ3v) is 5.32. The quantitative estimate of drug-likeness (QED) is 0.904. The van der Waals surface area contributed by atoms with Crippen LogP contribution >= 0.6 is 0 Å². The van der Waals surface area contributed by atoms with Gasteiger partial charge in [-0.1, -0.05) is 29.8 Å². The Labute approximate surface area is 135 Å². The van der Waals surface area contributed by atoms with Crippen molar-refractivity contribution in [3.05, 3.63) is 59.7 Å². The van der Waals surface area contributed by atoms with Gasteiger partial charge in [-0.2, -0.15) is 0 Å². The van der Waals surface area contributed by atoms with Crippen molar-refractivity contribution in [3.8, 4) is 0 Å². The van der Waals surface area contributed by atoms with Gasteiger partial charge in [0.25, 0.3) is 10.0 Å². The molecule has 0 aromatic heterocycles. The van der Waals surface area contributed by atoms with Gasteiger partial charge in [0.15, 0.2) is 0 Å². The molecule has 2 N–H and O–H groups in total. The molecule has 0 spiro atoms. The molecule has 1 aliphatic rings. The van der Waals surface area contributed by atoms with Gasteiger partial charge in [-0.15, -0.1) is 0 Å². The van der Waals surface area contributed by atoms with Gasteiger partial charge in [0.1, 0.15) is 0 Å². The number of rotatable bonds is 4. The van der Waals surface area contributed by atoms with Crippen LogP contribution in [0.1, 0.15) is 23.5 Å². The topological polar surface area (TPSA) is 75.3 Å². The highest BCUT2D eigenvalue weighted by atomic mass is 32.2. The highest BCUT2D eigenvalue weighted by molar-refractivity contribution is 7.92. The number of amides is 1. The minimum Gasteiger partial charge on any atom is -0.355 e. The maximum absolute atomic E-state index is 12.4. The fraction of sp³-hybridized carbons (Fsp3) is 0.235. The molecule has 1 saturated heterocycles. The Hall–Kier alpha value is -2.34. The first kappa shape index (κ1) is 15.6. The monoisotopic (exact) mass is 330 g/mol. The highest BCUT2D eigenvalue weighted by Gasteiger charge is 2.23. The number of benzene rings is 2. The van der Waals surface area contributed by atoms with Gasteiger partial charge in [0.2, 0.25) is 5.91 Å². The molecule has 2 aromatic rings. The summed E-state index contributed by atoms with van der Waals surface area (Å²) in [6, 6.07) is 13.9. The summed E-state index contributed by atoms with van der Waals surface area (Å²) in [4.78, 5) is 11.6. The second-order valence-electron chi connectivity index (χ2n) is 5.75. The van der Waals surface area contributed by atoms with Gasteiger partial charge in [-0.05, 0) is 36.8 Å². The van der Waals surface area contributed by atoms with Crippen LogP contribution < -0.4 is 10.0 Å². The Morgan fingerprint density at radius 3 is 2.52 bits per heavy atom. The van der Waals surface area contributed by atoms with E-state index in [1.54, 1.807) is 42.5 Å². The van der Waals surface area contributed by atoms with Crippen LogP contribution in [0.15, 0.2) is 53.4 Å². The summed E-state index contributed by atoms with van der Waals surface area (Å²) < 4.78 is 27.4. The first-order valence-electron chi connectivity index (χ1n) is 7.40. The van der Waals surface area contributed by atoms with Gasteiger partial charge in [0.05, 0.1) is 4.90 Å². The number of hydrogen-bond donors (Lipinski definition) is 2. The minimum absolute atomic E-state index is 0.0284. The molecule has 1 fully saturated rings. The molecule has 0 bridgehead atoms. The molecular weight excluding hydrogens is 312 g/mol. The zero-order valence-electron chi connectivity index (χ0n) is 12.7. The van der Waals surface area contributed by atoms with Crippen LogP contribution in [0.3, 0.4) is 0 Å². The minimum atomic E-state index is -3.61. The van der Waals surface area contributed by atoms with Crippen molar-refractivity contribution in [2.45, 2.75) is 24.2 Å². The van der Waals surface area contributed by atoms with Crippen molar-refractivity contribution in [1.29, 1.82) is 0 Å². The predicted octanol–water partition coefficient (Wildman–Crippen LogP) is 2.40. The second kappa shape index (κ2) is 6.04. The lowest BCUT2D eigenvalue weighted by Crippen LogP contribution is -2.14. The summed E-state index contributed by atoms with van der Waals surface area (Å²) in [6.45, 7) is 2.50. The summed E-state index contributed by atoms with van der Waals surface area (Å²) in [6.07, 6.45) is 0.439. The van der Waals surface area contributed by atoms with E-state index < -0.39 is 10.0 Å². The SMILES string of the molecule is Cc1ccc(S(=O)(=O)Nc2cccc(C3CNC(=O)C3)c2)cc1. The van der Waals surface area contributed by atoms with Gasteiger partial charge in [0, 0.05) is 24.6 Å². The fourth-order valence-corrected chi connectivity index (χ4v) is 3.68. The summed E-state index contributed by atoms with van der Waals surface area (Å²) in [5, 5.41) is 2.79. The standard InChI is InChI=1S/C17H18N2O3S/c1-12-5-7-16(8-6-12)23(21,22)19-15-4-2-3-13(9-15)14-10-17(20)18-11-14/h2-9,14,19H,10-11H2,1H3,(H,18,20). The maximum atomic E-state index is 12.4. The molecule has 0 aliphatic carbocycles. The van der Waals surface area contributed by atoms with Crippen molar-refractivity contribution < 1.29 is 13.2 Å². The molecule has 120 valence electrons. The largest absolute Gasteiger partial charge is 0.355 e. The van der Waals surface area contributed by atoms with Crippen LogP contribution in [0.4, 0.5) is 5.69 Å². The Kier molecular flexibility index (Phi) is 4.09. The zero-order valence-corrected chi connectivity index (χ0v) is 13.6. The lowest BCUT2D eigenvalue weighted by Gasteiger charge is -2.12. The third kappa shape index (κ3) is 3.53. The Bertz CT molecular complexity index is 829. The van der Waals surface area contributed by atoms with Gasteiger partial charge < -0.3 is 5.32 Å². The number of aryl methyl sites for hydroxylation is 1. The van der Waals surface area contributed by atoms with E-state index in [0.29, 0.717) is 18.7 Å². The molecule has 5 nitrogen and oxygen atoms in total. The smallest absolute Gasteiger partial charge is 0.261 e. The van der Waals surface area contributed by atoms with E-state index in [2.05, 4.69) is 10.0 Å². The zero-order chi connectivity index (χ0) is 16.4. The normalized spacial score (nSPS) is 17.8. The first-order valence-corrected chi connectivity index (χ1v) is 8.88. The molecule has 1 aliphatic heterocycles. The number of sulfonamides is 1. The van der Waals surface area contributed by atoms with Crippen LogP contribution in [0, 0.1) is 6.92 Å². The van der Waals surface area contributed by atoms with E-state index in [1.165, 1.54) is 0 Å². The molecule has 0 saturated carbocycles. The number of carbonyl (C=O) groups excluding carboxylic acids is 1. The van der Waals surface area contributed by atoms with Crippen molar-refractivity contribution in [3.63, 3.8) is 0 Å². The molecule has 3 rings (SSSR count). The van der Waals surface area contributed by atoms with Crippen molar-refractivity contribution in [2.75, 3.05) is 11.3 Å². The number of carbonyl (C=O) groups is 1. The summed E-state index contributed by atoms with van der Waals surface area (Å²) in [5.41, 5.74) is 2.46. The molecule has 0 radical (unpaired) electrons. The Balaban J connectivity index is 1.82. The molecule has 6 heteroatoms. The lowest BCUT2D eigenvalue weighted by atomic mass is 9.98. The van der Waals surface area contributed by atoms with Crippen LogP contribution in [0.2, 0.25) is 0 Å². The van der Waals surface area contributed by atoms with Crippen molar-refractivity contribution >= 4 is 21.6 Å². The second-order valence-corrected chi connectivity index (χ2v) is 7.43. The molecule has 2 aromatic carbocycles. The molecule has 1 amide bonds. The Morgan fingerprint density at radius 1 is 1.13 bits per heavy atom. The van der Waals surface area contributed by atoms with Gasteiger partial charge in [-0.25, -0.2) is 8.42 Å². The van der Waals surface area contributed by atoms with Crippen molar-refractivity contribution in [1.82, 2.24) is 5.32 Å². The molecule has 1 heterocycles. The van der Waals surface area contributed by atoms with Crippen LogP contribution in [-0.2, 0) is 14.8 Å². The van der Waals surface area contributed by atoms with Crippen LogP contribution in [-0.4, -0.2) is 20.9 Å². The van der Waals surface area contributed by atoms with Gasteiger partial charge >= 0.3 is 0 Å². The van der Waals surface area contributed by atoms with E-state index in [4.69, 9.17) is 0 Å². The number of nitrogens with one attached hydrogen (secondary N) is 2. The summed E-state index contributed by atoms with van der Waals surface area (Å²) in [7, 11) is -3.61. The number of anilines is 1.